The van der Waals surface area contributed by atoms with Gasteiger partial charge in [0.1, 0.15) is 24.7 Å². The lowest BCUT2D eigenvalue weighted by atomic mass is 10.1. The number of hydrogen-bond acceptors (Lipinski definition) is 3. The summed E-state index contributed by atoms with van der Waals surface area (Å²) in [6, 6.07) is 22.4. The van der Waals surface area contributed by atoms with E-state index in [-0.39, 0.29) is 0 Å². The van der Waals surface area contributed by atoms with Crippen LogP contribution in [-0.2, 0) is 6.61 Å². The van der Waals surface area contributed by atoms with Crippen LogP contribution in [0.3, 0.4) is 0 Å². The maximum Gasteiger partial charge on any atom is 0.121 e. The molecule has 0 bridgehead atoms. The average molecular weight is 332 g/mol. The van der Waals surface area contributed by atoms with Crippen molar-refractivity contribution in [3.63, 3.8) is 0 Å². The number of aromatic amines is 1. The lowest BCUT2D eigenvalue weighted by Gasteiger charge is -2.06. The largest absolute Gasteiger partial charge is 0.492 e. The third-order valence-corrected chi connectivity index (χ3v) is 4.18. The molecule has 4 heteroatoms. The summed E-state index contributed by atoms with van der Waals surface area (Å²) in [7, 11) is 0. The zero-order valence-corrected chi connectivity index (χ0v) is 13.9. The van der Waals surface area contributed by atoms with Crippen LogP contribution >= 0.6 is 0 Å². The number of nitrogens with one attached hydrogen (secondary N) is 1. The SMILES string of the molecule is NCCOc1ccc2c(c1)[nH]c1cc(OCc3ccccc3)ccc12. The molecule has 4 nitrogen and oxygen atoms in total. The number of benzene rings is 3. The molecule has 0 fully saturated rings. The molecule has 0 aliphatic carbocycles. The monoisotopic (exact) mass is 332 g/mol. The molecule has 0 atom stereocenters. The molecule has 25 heavy (non-hydrogen) atoms. The van der Waals surface area contributed by atoms with Gasteiger partial charge < -0.3 is 20.2 Å². The van der Waals surface area contributed by atoms with Crippen molar-refractivity contribution in [3.8, 4) is 11.5 Å². The standard InChI is InChI=1S/C21H20N2O2/c22-10-11-24-16-6-8-18-19-9-7-17(13-21(19)23-20(18)12-16)25-14-15-4-2-1-3-5-15/h1-9,12-13,23H,10-11,14,22H2. The smallest absolute Gasteiger partial charge is 0.121 e. The van der Waals surface area contributed by atoms with Crippen molar-refractivity contribution in [1.82, 2.24) is 4.98 Å². The molecule has 126 valence electrons. The Morgan fingerprint density at radius 1 is 0.760 bits per heavy atom. The van der Waals surface area contributed by atoms with E-state index >= 15 is 0 Å². The minimum Gasteiger partial charge on any atom is -0.492 e. The number of hydrogen-bond donors (Lipinski definition) is 2. The van der Waals surface area contributed by atoms with E-state index in [4.69, 9.17) is 15.2 Å². The summed E-state index contributed by atoms with van der Waals surface area (Å²) in [4.78, 5) is 3.44. The molecule has 4 aromatic rings. The topological polar surface area (TPSA) is 60.3 Å². The second-order valence-electron chi connectivity index (χ2n) is 5.95. The van der Waals surface area contributed by atoms with Crippen LogP contribution in [0, 0.1) is 0 Å². The van der Waals surface area contributed by atoms with E-state index in [0.29, 0.717) is 19.8 Å². The first-order valence-electron chi connectivity index (χ1n) is 8.38. The molecule has 0 aliphatic rings. The van der Waals surface area contributed by atoms with Crippen molar-refractivity contribution >= 4 is 21.8 Å². The third-order valence-electron chi connectivity index (χ3n) is 4.18. The normalized spacial score (nSPS) is 11.1. The van der Waals surface area contributed by atoms with Gasteiger partial charge >= 0.3 is 0 Å². The summed E-state index contributed by atoms with van der Waals surface area (Å²) in [6.07, 6.45) is 0. The van der Waals surface area contributed by atoms with Gasteiger partial charge in [-0.3, -0.25) is 0 Å². The predicted octanol–water partition coefficient (Wildman–Crippen LogP) is 4.24. The Morgan fingerprint density at radius 3 is 2.04 bits per heavy atom. The second kappa shape index (κ2) is 6.87. The Morgan fingerprint density at radius 2 is 1.40 bits per heavy atom. The Labute approximate surface area is 146 Å². The molecule has 0 saturated carbocycles. The first-order chi connectivity index (χ1) is 12.3. The second-order valence-corrected chi connectivity index (χ2v) is 5.95. The highest BCUT2D eigenvalue weighted by atomic mass is 16.5. The van der Waals surface area contributed by atoms with Gasteiger partial charge in [0.2, 0.25) is 0 Å². The fourth-order valence-corrected chi connectivity index (χ4v) is 2.97. The van der Waals surface area contributed by atoms with Crippen molar-refractivity contribution in [2.45, 2.75) is 6.61 Å². The van der Waals surface area contributed by atoms with Gasteiger partial charge in [-0.25, -0.2) is 0 Å². The number of fused-ring (bicyclic) bond motifs is 3. The highest BCUT2D eigenvalue weighted by Gasteiger charge is 2.07. The zero-order valence-electron chi connectivity index (χ0n) is 13.9. The highest BCUT2D eigenvalue weighted by molar-refractivity contribution is 6.07. The van der Waals surface area contributed by atoms with E-state index in [0.717, 1.165) is 28.1 Å². The van der Waals surface area contributed by atoms with Crippen LogP contribution in [0.25, 0.3) is 21.8 Å². The molecule has 0 radical (unpaired) electrons. The van der Waals surface area contributed by atoms with Crippen LogP contribution in [0.1, 0.15) is 5.56 Å². The van der Waals surface area contributed by atoms with E-state index in [1.54, 1.807) is 0 Å². The Balaban J connectivity index is 1.60. The summed E-state index contributed by atoms with van der Waals surface area (Å²) >= 11 is 0. The predicted molar refractivity (Wildman–Crippen MR) is 101 cm³/mol. The third kappa shape index (κ3) is 3.30. The van der Waals surface area contributed by atoms with Gasteiger partial charge in [0.05, 0.1) is 11.0 Å². The molecule has 1 heterocycles. The Kier molecular flexibility index (Phi) is 4.27. The fraction of sp³-hybridized carbons (Fsp3) is 0.143. The van der Waals surface area contributed by atoms with Gasteiger partial charge in [0, 0.05) is 29.4 Å². The summed E-state index contributed by atoms with van der Waals surface area (Å²) in [5.41, 5.74) is 8.74. The molecule has 0 spiro atoms. The van der Waals surface area contributed by atoms with Crippen molar-refractivity contribution in [2.75, 3.05) is 13.2 Å². The summed E-state index contributed by atoms with van der Waals surface area (Å²) in [6.45, 7) is 1.58. The van der Waals surface area contributed by atoms with E-state index in [1.807, 2.05) is 42.5 Å². The Bertz CT molecular complexity index is 993. The van der Waals surface area contributed by atoms with Crippen LogP contribution in [0.4, 0.5) is 0 Å². The highest BCUT2D eigenvalue weighted by Crippen LogP contribution is 2.30. The van der Waals surface area contributed by atoms with Crippen LogP contribution in [-0.4, -0.2) is 18.1 Å². The number of aromatic nitrogens is 1. The number of H-pyrrole nitrogens is 1. The van der Waals surface area contributed by atoms with Gasteiger partial charge in [-0.2, -0.15) is 0 Å². The maximum atomic E-state index is 5.91. The van der Waals surface area contributed by atoms with Crippen molar-refractivity contribution in [2.24, 2.45) is 5.73 Å². The molecule has 0 aliphatic heterocycles. The van der Waals surface area contributed by atoms with Gasteiger partial charge in [0.25, 0.3) is 0 Å². The maximum absolute atomic E-state index is 5.91. The van der Waals surface area contributed by atoms with E-state index in [2.05, 4.69) is 29.2 Å². The first kappa shape index (κ1) is 15.5. The van der Waals surface area contributed by atoms with Crippen LogP contribution in [0.5, 0.6) is 11.5 Å². The molecular formula is C21H20N2O2. The van der Waals surface area contributed by atoms with Gasteiger partial charge in [-0.15, -0.1) is 0 Å². The quantitative estimate of drug-likeness (QED) is 0.555. The molecule has 0 unspecified atom stereocenters. The van der Waals surface area contributed by atoms with E-state index < -0.39 is 0 Å². The van der Waals surface area contributed by atoms with Crippen LogP contribution < -0.4 is 15.2 Å². The first-order valence-corrected chi connectivity index (χ1v) is 8.38. The summed E-state index contributed by atoms with van der Waals surface area (Å²) < 4.78 is 11.5. The lowest BCUT2D eigenvalue weighted by molar-refractivity contribution is 0.306. The Hall–Kier alpha value is -2.98. The summed E-state index contributed by atoms with van der Waals surface area (Å²) in [5.74, 6) is 1.67. The van der Waals surface area contributed by atoms with Gasteiger partial charge in [-0.1, -0.05) is 30.3 Å². The van der Waals surface area contributed by atoms with Crippen molar-refractivity contribution in [3.05, 3.63) is 72.3 Å². The minimum atomic E-state index is 0.507. The zero-order chi connectivity index (χ0) is 17.1. The lowest BCUT2D eigenvalue weighted by Crippen LogP contribution is -2.10. The van der Waals surface area contributed by atoms with Gasteiger partial charge in [0.15, 0.2) is 0 Å². The molecule has 1 aromatic heterocycles. The molecular weight excluding hydrogens is 312 g/mol. The molecule has 3 N–H and O–H groups in total. The van der Waals surface area contributed by atoms with E-state index in [9.17, 15) is 0 Å². The molecule has 0 amide bonds. The molecule has 0 saturated heterocycles. The van der Waals surface area contributed by atoms with Crippen LogP contribution in [0.15, 0.2) is 66.7 Å². The fourth-order valence-electron chi connectivity index (χ4n) is 2.97. The summed E-state index contributed by atoms with van der Waals surface area (Å²) in [5, 5.41) is 2.34. The van der Waals surface area contributed by atoms with Gasteiger partial charge in [-0.05, 0) is 29.8 Å². The molecule has 4 rings (SSSR count). The number of nitrogens with two attached hydrogens (primary N) is 1. The number of rotatable bonds is 6. The van der Waals surface area contributed by atoms with Crippen molar-refractivity contribution in [1.29, 1.82) is 0 Å². The molecule has 3 aromatic carbocycles. The number of ether oxygens (including phenoxy) is 2. The van der Waals surface area contributed by atoms with Crippen molar-refractivity contribution < 1.29 is 9.47 Å². The minimum absolute atomic E-state index is 0.507. The average Bonchev–Trinajstić information content (AvgIpc) is 3.02. The van der Waals surface area contributed by atoms with Crippen LogP contribution in [0.2, 0.25) is 0 Å². The van der Waals surface area contributed by atoms with E-state index in [1.165, 1.54) is 10.8 Å².